The minimum atomic E-state index is -0.493. The number of nitro benzene ring substituents is 1. The summed E-state index contributed by atoms with van der Waals surface area (Å²) in [6.07, 6.45) is 1.43. The number of nitro groups is 1. The number of fused-ring (bicyclic) bond motifs is 1. The molecule has 0 bridgehead atoms. The SMILES string of the molecule is Cc1cc(C)c2oc(-c3cccc(N=Cc4cc([N+](=O)[O-])cc(C)c4O)c3C)nc2c1. The van der Waals surface area contributed by atoms with Crippen molar-refractivity contribution >= 4 is 28.7 Å². The number of hydrogen-bond acceptors (Lipinski definition) is 6. The lowest BCUT2D eigenvalue weighted by molar-refractivity contribution is -0.384. The van der Waals surface area contributed by atoms with E-state index >= 15 is 0 Å². The fourth-order valence-electron chi connectivity index (χ4n) is 3.62. The standard InChI is InChI=1S/C24H21N3O4/c1-13-8-15(3)23-21(9-13)26-24(31-23)19-6-5-7-20(16(19)4)25-12-17-11-18(27(29)30)10-14(2)22(17)28/h5-12,28H,1-4H3. The third-order valence-corrected chi connectivity index (χ3v) is 5.22. The second-order valence-electron chi connectivity index (χ2n) is 7.61. The van der Waals surface area contributed by atoms with E-state index < -0.39 is 4.92 Å². The van der Waals surface area contributed by atoms with Crippen molar-refractivity contribution in [3.05, 3.63) is 80.4 Å². The minimum Gasteiger partial charge on any atom is -0.507 e. The summed E-state index contributed by atoms with van der Waals surface area (Å²) in [5.41, 5.74) is 6.61. The van der Waals surface area contributed by atoms with Crippen LogP contribution in [0, 0.1) is 37.8 Å². The highest BCUT2D eigenvalue weighted by Gasteiger charge is 2.15. The first-order chi connectivity index (χ1) is 14.7. The molecule has 1 aromatic heterocycles. The highest BCUT2D eigenvalue weighted by Crippen LogP contribution is 2.33. The molecule has 1 N–H and O–H groups in total. The summed E-state index contributed by atoms with van der Waals surface area (Å²) in [6.45, 7) is 7.54. The number of aromatic nitrogens is 1. The Bertz CT molecular complexity index is 1370. The van der Waals surface area contributed by atoms with Gasteiger partial charge in [0.1, 0.15) is 11.3 Å². The van der Waals surface area contributed by atoms with Crippen LogP contribution in [0.4, 0.5) is 11.4 Å². The van der Waals surface area contributed by atoms with Crippen LogP contribution in [0.5, 0.6) is 5.75 Å². The quantitative estimate of drug-likeness (QED) is 0.247. The van der Waals surface area contributed by atoms with Crippen molar-refractivity contribution in [2.24, 2.45) is 4.99 Å². The van der Waals surface area contributed by atoms with E-state index in [1.165, 1.54) is 18.3 Å². The van der Waals surface area contributed by atoms with Gasteiger partial charge >= 0.3 is 0 Å². The number of aryl methyl sites for hydroxylation is 3. The topological polar surface area (TPSA) is 102 Å². The number of benzene rings is 3. The molecule has 0 amide bonds. The van der Waals surface area contributed by atoms with Gasteiger partial charge in [-0.15, -0.1) is 0 Å². The van der Waals surface area contributed by atoms with Crippen LogP contribution < -0.4 is 0 Å². The highest BCUT2D eigenvalue weighted by molar-refractivity contribution is 5.88. The van der Waals surface area contributed by atoms with Crippen LogP contribution >= 0.6 is 0 Å². The van der Waals surface area contributed by atoms with E-state index in [9.17, 15) is 15.2 Å². The molecule has 0 atom stereocenters. The molecule has 4 rings (SSSR count). The fourth-order valence-corrected chi connectivity index (χ4v) is 3.62. The highest BCUT2D eigenvalue weighted by atomic mass is 16.6. The molecule has 31 heavy (non-hydrogen) atoms. The van der Waals surface area contributed by atoms with Crippen LogP contribution in [0.2, 0.25) is 0 Å². The predicted molar refractivity (Wildman–Crippen MR) is 120 cm³/mol. The summed E-state index contributed by atoms with van der Waals surface area (Å²) in [7, 11) is 0. The van der Waals surface area contributed by atoms with Crippen molar-refractivity contribution in [1.82, 2.24) is 4.98 Å². The van der Waals surface area contributed by atoms with Crippen molar-refractivity contribution in [2.45, 2.75) is 27.7 Å². The van der Waals surface area contributed by atoms with Gasteiger partial charge in [-0.05, 0) is 68.1 Å². The molecule has 156 valence electrons. The lowest BCUT2D eigenvalue weighted by Crippen LogP contribution is -1.93. The van der Waals surface area contributed by atoms with E-state index in [0.29, 0.717) is 17.1 Å². The Morgan fingerprint density at radius 1 is 1.10 bits per heavy atom. The molecule has 1 heterocycles. The van der Waals surface area contributed by atoms with Crippen LogP contribution in [-0.4, -0.2) is 21.2 Å². The van der Waals surface area contributed by atoms with Crippen molar-refractivity contribution in [3.8, 4) is 17.2 Å². The molecular formula is C24H21N3O4. The van der Waals surface area contributed by atoms with E-state index in [2.05, 4.69) is 16.0 Å². The van der Waals surface area contributed by atoms with Gasteiger partial charge in [0.2, 0.25) is 5.89 Å². The second kappa shape index (κ2) is 7.68. The summed E-state index contributed by atoms with van der Waals surface area (Å²) >= 11 is 0. The number of rotatable bonds is 4. The zero-order valence-electron chi connectivity index (χ0n) is 17.6. The molecule has 0 aliphatic heterocycles. The maximum absolute atomic E-state index is 11.1. The molecule has 0 saturated carbocycles. The lowest BCUT2D eigenvalue weighted by Gasteiger charge is -2.06. The van der Waals surface area contributed by atoms with Gasteiger partial charge in [0, 0.05) is 29.5 Å². The van der Waals surface area contributed by atoms with Gasteiger partial charge in [0.25, 0.3) is 5.69 Å². The van der Waals surface area contributed by atoms with Crippen LogP contribution in [0.15, 0.2) is 51.9 Å². The molecule has 0 fully saturated rings. The van der Waals surface area contributed by atoms with Gasteiger partial charge in [-0.25, -0.2) is 4.98 Å². The Hall–Kier alpha value is -4.00. The largest absolute Gasteiger partial charge is 0.507 e. The molecule has 0 spiro atoms. The maximum Gasteiger partial charge on any atom is 0.270 e. The molecular weight excluding hydrogens is 394 g/mol. The number of non-ortho nitro benzene ring substituents is 1. The Morgan fingerprint density at radius 2 is 1.87 bits per heavy atom. The van der Waals surface area contributed by atoms with E-state index in [1.54, 1.807) is 6.92 Å². The zero-order chi connectivity index (χ0) is 22.3. The summed E-state index contributed by atoms with van der Waals surface area (Å²) in [5.74, 6) is 0.472. The van der Waals surface area contributed by atoms with E-state index in [-0.39, 0.29) is 17.0 Å². The molecule has 0 saturated heterocycles. The van der Waals surface area contributed by atoms with Crippen molar-refractivity contribution < 1.29 is 14.4 Å². The number of oxazole rings is 1. The second-order valence-corrected chi connectivity index (χ2v) is 7.61. The van der Waals surface area contributed by atoms with Gasteiger partial charge in [-0.1, -0.05) is 12.1 Å². The average molecular weight is 415 g/mol. The molecule has 0 aliphatic rings. The molecule has 7 heteroatoms. The minimum absolute atomic E-state index is 0.0343. The number of hydrogen-bond donors (Lipinski definition) is 1. The molecule has 0 radical (unpaired) electrons. The van der Waals surface area contributed by atoms with Crippen LogP contribution in [-0.2, 0) is 0 Å². The van der Waals surface area contributed by atoms with Crippen LogP contribution in [0.25, 0.3) is 22.6 Å². The first kappa shape index (κ1) is 20.3. The summed E-state index contributed by atoms with van der Waals surface area (Å²) in [5, 5.41) is 21.4. The molecule has 3 aromatic carbocycles. The molecule has 7 nitrogen and oxygen atoms in total. The number of aromatic hydroxyl groups is 1. The summed E-state index contributed by atoms with van der Waals surface area (Å²) in [6, 6.07) is 12.3. The van der Waals surface area contributed by atoms with Gasteiger partial charge in [0.05, 0.1) is 10.6 Å². The van der Waals surface area contributed by atoms with E-state index in [4.69, 9.17) is 4.42 Å². The van der Waals surface area contributed by atoms with Crippen LogP contribution in [0.1, 0.15) is 27.8 Å². The third kappa shape index (κ3) is 3.77. The molecule has 0 aliphatic carbocycles. The normalized spacial score (nSPS) is 11.5. The van der Waals surface area contributed by atoms with Gasteiger partial charge in [0.15, 0.2) is 5.58 Å². The number of phenolic OH excluding ortho intramolecular Hbond substituents is 1. The van der Waals surface area contributed by atoms with Gasteiger partial charge < -0.3 is 9.52 Å². The molecule has 0 unspecified atom stereocenters. The van der Waals surface area contributed by atoms with Gasteiger partial charge in [-0.2, -0.15) is 0 Å². The Labute approximate surface area is 178 Å². The van der Waals surface area contributed by atoms with Gasteiger partial charge in [-0.3, -0.25) is 15.1 Å². The van der Waals surface area contributed by atoms with Crippen molar-refractivity contribution in [2.75, 3.05) is 0 Å². The predicted octanol–water partition coefficient (Wildman–Crippen LogP) is 6.09. The fraction of sp³-hybridized carbons (Fsp3) is 0.167. The average Bonchev–Trinajstić information content (AvgIpc) is 3.13. The summed E-state index contributed by atoms with van der Waals surface area (Å²) < 4.78 is 6.04. The first-order valence-electron chi connectivity index (χ1n) is 9.74. The monoisotopic (exact) mass is 415 g/mol. The number of nitrogens with zero attached hydrogens (tertiary/aromatic N) is 3. The number of phenols is 1. The number of aliphatic imine (C=N–C) groups is 1. The Kier molecular flexibility index (Phi) is 5.02. The Balaban J connectivity index is 1.76. The lowest BCUT2D eigenvalue weighted by atomic mass is 10.1. The van der Waals surface area contributed by atoms with E-state index in [0.717, 1.165) is 33.4 Å². The van der Waals surface area contributed by atoms with Crippen molar-refractivity contribution in [1.29, 1.82) is 0 Å². The first-order valence-corrected chi connectivity index (χ1v) is 9.74. The van der Waals surface area contributed by atoms with Crippen LogP contribution in [0.3, 0.4) is 0 Å². The smallest absolute Gasteiger partial charge is 0.270 e. The van der Waals surface area contributed by atoms with Crippen molar-refractivity contribution in [3.63, 3.8) is 0 Å². The zero-order valence-corrected chi connectivity index (χ0v) is 17.6. The third-order valence-electron chi connectivity index (χ3n) is 5.22. The maximum atomic E-state index is 11.1. The Morgan fingerprint density at radius 3 is 2.61 bits per heavy atom. The van der Waals surface area contributed by atoms with E-state index in [1.807, 2.05) is 45.0 Å². The summed E-state index contributed by atoms with van der Waals surface area (Å²) in [4.78, 5) is 19.8. The molecule has 4 aromatic rings.